The fourth-order valence-corrected chi connectivity index (χ4v) is 3.50. The van der Waals surface area contributed by atoms with Crippen LogP contribution in [0.15, 0.2) is 42.5 Å². The smallest absolute Gasteiger partial charge is 0.152 e. The summed E-state index contributed by atoms with van der Waals surface area (Å²) in [4.78, 5) is 8.47. The molecule has 0 atom stereocenters. The molecule has 5 heteroatoms. The van der Waals surface area contributed by atoms with Crippen molar-refractivity contribution in [1.82, 2.24) is 9.97 Å². The van der Waals surface area contributed by atoms with E-state index in [0.717, 1.165) is 26.0 Å². The number of H-pyrrole nitrogens is 1. The number of nitrogens with one attached hydrogen (secondary N) is 1. The second kappa shape index (κ2) is 4.23. The molecule has 0 unspecified atom stereocenters. The Hall–Kier alpha value is -2.04. The first-order valence-corrected chi connectivity index (χ1v) is 7.28. The van der Waals surface area contributed by atoms with Crippen molar-refractivity contribution in [2.24, 2.45) is 0 Å². The van der Waals surface area contributed by atoms with E-state index in [1.54, 1.807) is 6.07 Å². The highest BCUT2D eigenvalue weighted by Gasteiger charge is 2.15. The lowest BCUT2D eigenvalue weighted by molar-refractivity contribution is 0.485. The number of rotatable bonds is 1. The van der Waals surface area contributed by atoms with E-state index < -0.39 is 0 Å². The van der Waals surface area contributed by atoms with Crippen molar-refractivity contribution in [3.63, 3.8) is 0 Å². The van der Waals surface area contributed by atoms with E-state index in [1.165, 1.54) is 11.3 Å². The van der Waals surface area contributed by atoms with Crippen molar-refractivity contribution in [3.8, 4) is 16.5 Å². The number of imidazole rings is 1. The molecule has 0 bridgehead atoms. The lowest BCUT2D eigenvalue weighted by Gasteiger charge is -1.92. The molecule has 2 aromatic carbocycles. The van der Waals surface area contributed by atoms with Gasteiger partial charge < -0.3 is 10.1 Å². The van der Waals surface area contributed by atoms with Gasteiger partial charge in [0, 0.05) is 15.1 Å². The molecule has 2 N–H and O–H groups in total. The minimum atomic E-state index is 0.274. The van der Waals surface area contributed by atoms with Gasteiger partial charge in [-0.1, -0.05) is 23.7 Å². The average molecular weight is 301 g/mol. The SMILES string of the molecule is Oc1c(-c2nc3ccc(Cl)cc3[nH]2)sc2ccccc12. The topological polar surface area (TPSA) is 48.9 Å². The minimum Gasteiger partial charge on any atom is -0.506 e. The van der Waals surface area contributed by atoms with Crippen LogP contribution in [0.2, 0.25) is 5.02 Å². The molecule has 2 heterocycles. The van der Waals surface area contributed by atoms with E-state index >= 15 is 0 Å². The number of aromatic hydroxyl groups is 1. The van der Waals surface area contributed by atoms with Gasteiger partial charge in [-0.05, 0) is 30.3 Å². The van der Waals surface area contributed by atoms with Crippen molar-refractivity contribution in [3.05, 3.63) is 47.5 Å². The highest BCUT2D eigenvalue weighted by molar-refractivity contribution is 7.22. The summed E-state index contributed by atoms with van der Waals surface area (Å²) in [6, 6.07) is 13.3. The summed E-state index contributed by atoms with van der Waals surface area (Å²) in [5, 5.41) is 11.9. The van der Waals surface area contributed by atoms with Crippen LogP contribution in [0.3, 0.4) is 0 Å². The average Bonchev–Trinajstić information content (AvgIpc) is 3.00. The normalized spacial score (nSPS) is 11.4. The lowest BCUT2D eigenvalue weighted by Crippen LogP contribution is -1.74. The zero-order chi connectivity index (χ0) is 13.7. The highest BCUT2D eigenvalue weighted by atomic mass is 35.5. The van der Waals surface area contributed by atoms with Gasteiger partial charge in [-0.25, -0.2) is 4.98 Å². The van der Waals surface area contributed by atoms with Crippen LogP contribution < -0.4 is 0 Å². The predicted molar refractivity (Wildman–Crippen MR) is 83.6 cm³/mol. The summed E-state index contributed by atoms with van der Waals surface area (Å²) in [5.74, 6) is 0.941. The fourth-order valence-electron chi connectivity index (χ4n) is 2.28. The maximum Gasteiger partial charge on any atom is 0.152 e. The maximum absolute atomic E-state index is 10.3. The molecule has 98 valence electrons. The third-order valence-electron chi connectivity index (χ3n) is 3.23. The summed E-state index contributed by atoms with van der Waals surface area (Å²) >= 11 is 7.49. The molecular weight excluding hydrogens is 292 g/mol. The number of fused-ring (bicyclic) bond motifs is 2. The standard InChI is InChI=1S/C15H9ClN2OS/c16-8-5-6-10-11(7-8)18-15(17-10)14-13(19)9-3-1-2-4-12(9)20-14/h1-7,19H,(H,17,18). The number of halogens is 1. The van der Waals surface area contributed by atoms with E-state index in [0.29, 0.717) is 10.8 Å². The Labute approximate surface area is 123 Å². The van der Waals surface area contributed by atoms with E-state index in [1.807, 2.05) is 36.4 Å². The van der Waals surface area contributed by atoms with Crippen LogP contribution in [0, 0.1) is 0 Å². The van der Waals surface area contributed by atoms with Crippen LogP contribution in [0.4, 0.5) is 0 Å². The van der Waals surface area contributed by atoms with Gasteiger partial charge in [-0.15, -0.1) is 11.3 Å². The van der Waals surface area contributed by atoms with E-state index in [9.17, 15) is 5.11 Å². The van der Waals surface area contributed by atoms with Crippen molar-refractivity contribution >= 4 is 44.1 Å². The number of benzene rings is 2. The first-order valence-electron chi connectivity index (χ1n) is 6.08. The van der Waals surface area contributed by atoms with Gasteiger partial charge in [-0.3, -0.25) is 0 Å². The molecule has 4 rings (SSSR count). The van der Waals surface area contributed by atoms with E-state index in [4.69, 9.17) is 11.6 Å². The first kappa shape index (κ1) is 11.8. The molecule has 0 radical (unpaired) electrons. The number of aromatic nitrogens is 2. The molecule has 0 aliphatic heterocycles. The van der Waals surface area contributed by atoms with Gasteiger partial charge >= 0.3 is 0 Å². The zero-order valence-electron chi connectivity index (χ0n) is 10.2. The van der Waals surface area contributed by atoms with Crippen LogP contribution >= 0.6 is 22.9 Å². The molecular formula is C15H9ClN2OS. The molecule has 0 aliphatic carbocycles. The van der Waals surface area contributed by atoms with Gasteiger partial charge in [0.1, 0.15) is 10.6 Å². The molecule has 3 nitrogen and oxygen atoms in total. The Morgan fingerprint density at radius 2 is 2.00 bits per heavy atom. The van der Waals surface area contributed by atoms with Crippen molar-refractivity contribution < 1.29 is 5.11 Å². The summed E-state index contributed by atoms with van der Waals surface area (Å²) in [5.41, 5.74) is 1.70. The van der Waals surface area contributed by atoms with Crippen molar-refractivity contribution in [2.75, 3.05) is 0 Å². The van der Waals surface area contributed by atoms with E-state index in [2.05, 4.69) is 9.97 Å². The lowest BCUT2D eigenvalue weighted by atomic mass is 10.2. The van der Waals surface area contributed by atoms with Gasteiger partial charge in [0.2, 0.25) is 0 Å². The van der Waals surface area contributed by atoms with E-state index in [-0.39, 0.29) is 5.75 Å². The Morgan fingerprint density at radius 1 is 1.15 bits per heavy atom. The molecule has 0 fully saturated rings. The largest absolute Gasteiger partial charge is 0.506 e. The zero-order valence-corrected chi connectivity index (χ0v) is 11.8. The van der Waals surface area contributed by atoms with Crippen molar-refractivity contribution in [2.45, 2.75) is 0 Å². The second-order valence-corrected chi connectivity index (χ2v) is 6.01. The number of aromatic amines is 1. The summed E-state index contributed by atoms with van der Waals surface area (Å²) in [7, 11) is 0. The number of thiophene rings is 1. The monoisotopic (exact) mass is 300 g/mol. The first-order chi connectivity index (χ1) is 9.72. The number of hydrogen-bond acceptors (Lipinski definition) is 3. The van der Waals surface area contributed by atoms with Crippen LogP contribution in [0.1, 0.15) is 0 Å². The number of hydrogen-bond donors (Lipinski definition) is 2. The summed E-state index contributed by atoms with van der Waals surface area (Å²) in [6.07, 6.45) is 0. The van der Waals surface area contributed by atoms with Gasteiger partial charge in [-0.2, -0.15) is 0 Å². The number of nitrogens with zero attached hydrogens (tertiary/aromatic N) is 1. The molecule has 0 saturated carbocycles. The quantitative estimate of drug-likeness (QED) is 0.530. The van der Waals surface area contributed by atoms with Crippen molar-refractivity contribution in [1.29, 1.82) is 0 Å². The molecule has 0 spiro atoms. The Morgan fingerprint density at radius 3 is 2.85 bits per heavy atom. The van der Waals surface area contributed by atoms with Crippen LogP contribution in [0.5, 0.6) is 5.75 Å². The predicted octanol–water partition coefficient (Wildman–Crippen LogP) is 4.80. The molecule has 2 aromatic heterocycles. The maximum atomic E-state index is 10.3. The molecule has 4 aromatic rings. The Kier molecular flexibility index (Phi) is 2.49. The third-order valence-corrected chi connectivity index (χ3v) is 4.63. The molecule has 0 aliphatic rings. The van der Waals surface area contributed by atoms with Crippen LogP contribution in [-0.2, 0) is 0 Å². The van der Waals surface area contributed by atoms with Gasteiger partial charge in [0.15, 0.2) is 5.82 Å². The fraction of sp³-hybridized carbons (Fsp3) is 0. The van der Waals surface area contributed by atoms with Crippen LogP contribution in [-0.4, -0.2) is 15.1 Å². The second-order valence-electron chi connectivity index (χ2n) is 4.52. The molecule has 20 heavy (non-hydrogen) atoms. The molecule has 0 saturated heterocycles. The van der Waals surface area contributed by atoms with Crippen LogP contribution in [0.25, 0.3) is 31.8 Å². The third kappa shape index (κ3) is 1.69. The Bertz CT molecular complexity index is 942. The highest BCUT2D eigenvalue weighted by Crippen LogP contribution is 2.42. The van der Waals surface area contributed by atoms with Gasteiger partial charge in [0.25, 0.3) is 0 Å². The Balaban J connectivity index is 1.98. The minimum absolute atomic E-state index is 0.274. The molecule has 0 amide bonds. The van der Waals surface area contributed by atoms with Gasteiger partial charge in [0.05, 0.1) is 11.0 Å². The summed E-state index contributed by atoms with van der Waals surface area (Å²) < 4.78 is 1.04. The summed E-state index contributed by atoms with van der Waals surface area (Å²) in [6.45, 7) is 0.